The number of rotatable bonds is 3. The first-order valence-corrected chi connectivity index (χ1v) is 4.27. The van der Waals surface area contributed by atoms with Gasteiger partial charge in [-0.2, -0.15) is 0 Å². The van der Waals surface area contributed by atoms with Gasteiger partial charge in [0.05, 0.1) is 12.5 Å². The second-order valence-electron chi connectivity index (χ2n) is 2.99. The minimum Gasteiger partial charge on any atom is -0.545 e. The normalized spacial score (nSPS) is 10.1. The zero-order valence-corrected chi connectivity index (χ0v) is 7.70. The summed E-state index contributed by atoms with van der Waals surface area (Å²) in [6, 6.07) is 6.39. The molecular formula is C9H7N4O2-. The maximum Gasteiger partial charge on any atom is 0.138 e. The number of carbonyl (C=O) groups excluding carboxylic acids is 1. The molecule has 2 aromatic rings. The van der Waals surface area contributed by atoms with Crippen LogP contribution >= 0.6 is 0 Å². The summed E-state index contributed by atoms with van der Waals surface area (Å²) in [6.07, 6.45) is 1.49. The standard InChI is InChI=1S/C9H8N4O2/c14-9(15)8-3-1-7(2-4-8)5-13-6-10-11-12-13/h1-4,6H,5H2,(H,14,15)/p-1. The average Bonchev–Trinajstić information content (AvgIpc) is 2.71. The topological polar surface area (TPSA) is 83.7 Å². The molecule has 6 nitrogen and oxygen atoms in total. The predicted molar refractivity (Wildman–Crippen MR) is 47.7 cm³/mol. The number of tetrazole rings is 1. The summed E-state index contributed by atoms with van der Waals surface area (Å²) in [5, 5.41) is 21.2. The fourth-order valence-electron chi connectivity index (χ4n) is 1.19. The third-order valence-corrected chi connectivity index (χ3v) is 1.93. The molecule has 76 valence electrons. The number of hydrogen-bond donors (Lipinski definition) is 0. The van der Waals surface area contributed by atoms with Crippen LogP contribution in [0.2, 0.25) is 0 Å². The number of carbonyl (C=O) groups is 1. The van der Waals surface area contributed by atoms with Gasteiger partial charge in [0.1, 0.15) is 6.33 Å². The van der Waals surface area contributed by atoms with Crippen LogP contribution in [0.4, 0.5) is 0 Å². The third kappa shape index (κ3) is 2.16. The highest BCUT2D eigenvalue weighted by atomic mass is 16.4. The first kappa shape index (κ1) is 9.32. The zero-order valence-electron chi connectivity index (χ0n) is 7.70. The number of aromatic nitrogens is 4. The Balaban J connectivity index is 2.14. The van der Waals surface area contributed by atoms with E-state index in [1.54, 1.807) is 16.8 Å². The molecule has 0 aliphatic heterocycles. The van der Waals surface area contributed by atoms with E-state index in [1.807, 2.05) is 0 Å². The van der Waals surface area contributed by atoms with Crippen LogP contribution in [-0.4, -0.2) is 26.2 Å². The maximum atomic E-state index is 10.5. The van der Waals surface area contributed by atoms with E-state index in [2.05, 4.69) is 15.5 Å². The lowest BCUT2D eigenvalue weighted by atomic mass is 10.1. The molecule has 0 aliphatic carbocycles. The van der Waals surface area contributed by atoms with Gasteiger partial charge in [-0.3, -0.25) is 0 Å². The summed E-state index contributed by atoms with van der Waals surface area (Å²) in [5.74, 6) is -1.18. The lowest BCUT2D eigenvalue weighted by Crippen LogP contribution is -2.22. The first-order chi connectivity index (χ1) is 7.25. The Morgan fingerprint density at radius 1 is 1.33 bits per heavy atom. The minimum absolute atomic E-state index is 0.162. The molecule has 0 saturated heterocycles. The molecule has 0 bridgehead atoms. The molecule has 1 aromatic heterocycles. The monoisotopic (exact) mass is 203 g/mol. The summed E-state index contributed by atoms with van der Waals surface area (Å²) in [6.45, 7) is 0.514. The van der Waals surface area contributed by atoms with Crippen molar-refractivity contribution >= 4 is 5.97 Å². The largest absolute Gasteiger partial charge is 0.545 e. The molecule has 0 saturated carbocycles. The lowest BCUT2D eigenvalue weighted by molar-refractivity contribution is -0.255. The van der Waals surface area contributed by atoms with Crippen molar-refractivity contribution in [3.63, 3.8) is 0 Å². The van der Waals surface area contributed by atoms with Gasteiger partial charge in [0.15, 0.2) is 0 Å². The Labute approximate surface area is 85.2 Å². The van der Waals surface area contributed by atoms with Crippen LogP contribution in [0.15, 0.2) is 30.6 Å². The van der Waals surface area contributed by atoms with Crippen molar-refractivity contribution < 1.29 is 9.90 Å². The van der Waals surface area contributed by atoms with Crippen LogP contribution in [-0.2, 0) is 6.54 Å². The van der Waals surface area contributed by atoms with Crippen LogP contribution in [0.3, 0.4) is 0 Å². The lowest BCUT2D eigenvalue weighted by Gasteiger charge is -2.03. The number of aromatic carboxylic acids is 1. The fraction of sp³-hybridized carbons (Fsp3) is 0.111. The number of benzene rings is 1. The van der Waals surface area contributed by atoms with E-state index in [4.69, 9.17) is 0 Å². The smallest absolute Gasteiger partial charge is 0.138 e. The predicted octanol–water partition coefficient (Wildman–Crippen LogP) is -0.915. The number of carboxylic acids is 1. The van der Waals surface area contributed by atoms with Crippen LogP contribution < -0.4 is 5.11 Å². The molecule has 0 radical (unpaired) electrons. The van der Waals surface area contributed by atoms with E-state index in [0.717, 1.165) is 5.56 Å². The summed E-state index contributed by atoms with van der Waals surface area (Å²) in [5.41, 5.74) is 1.09. The highest BCUT2D eigenvalue weighted by molar-refractivity contribution is 5.85. The van der Waals surface area contributed by atoms with Gasteiger partial charge in [-0.25, -0.2) is 4.68 Å². The molecule has 1 aromatic carbocycles. The molecule has 0 fully saturated rings. The Hall–Kier alpha value is -2.24. The molecule has 0 aliphatic rings. The molecule has 0 unspecified atom stereocenters. The molecule has 2 rings (SSSR count). The van der Waals surface area contributed by atoms with E-state index < -0.39 is 5.97 Å². The molecule has 0 N–H and O–H groups in total. The van der Waals surface area contributed by atoms with E-state index in [9.17, 15) is 9.90 Å². The van der Waals surface area contributed by atoms with Gasteiger partial charge < -0.3 is 9.90 Å². The van der Waals surface area contributed by atoms with Gasteiger partial charge in [0, 0.05) is 0 Å². The first-order valence-electron chi connectivity index (χ1n) is 4.27. The maximum absolute atomic E-state index is 10.5. The van der Waals surface area contributed by atoms with Gasteiger partial charge in [0.2, 0.25) is 0 Å². The molecule has 0 atom stereocenters. The van der Waals surface area contributed by atoms with E-state index >= 15 is 0 Å². The van der Waals surface area contributed by atoms with Gasteiger partial charge in [-0.05, 0) is 21.6 Å². The van der Waals surface area contributed by atoms with Crippen molar-refractivity contribution in [2.45, 2.75) is 6.54 Å². The highest BCUT2D eigenvalue weighted by Gasteiger charge is 1.97. The number of nitrogens with zero attached hydrogens (tertiary/aromatic N) is 4. The SMILES string of the molecule is O=C([O-])c1ccc(Cn2cnnn2)cc1. The molecule has 0 spiro atoms. The zero-order chi connectivity index (χ0) is 10.7. The van der Waals surface area contributed by atoms with Crippen molar-refractivity contribution in [2.75, 3.05) is 0 Å². The highest BCUT2D eigenvalue weighted by Crippen LogP contribution is 2.04. The third-order valence-electron chi connectivity index (χ3n) is 1.93. The van der Waals surface area contributed by atoms with E-state index in [0.29, 0.717) is 6.54 Å². The average molecular weight is 203 g/mol. The molecule has 6 heteroatoms. The van der Waals surface area contributed by atoms with Crippen molar-refractivity contribution in [3.05, 3.63) is 41.7 Å². The number of hydrogen-bond acceptors (Lipinski definition) is 5. The van der Waals surface area contributed by atoms with Crippen LogP contribution in [0.5, 0.6) is 0 Å². The van der Waals surface area contributed by atoms with Gasteiger partial charge in [0.25, 0.3) is 0 Å². The van der Waals surface area contributed by atoms with E-state index in [-0.39, 0.29) is 5.56 Å². The second-order valence-corrected chi connectivity index (χ2v) is 2.99. The van der Waals surface area contributed by atoms with Crippen LogP contribution in [0.1, 0.15) is 15.9 Å². The summed E-state index contributed by atoms with van der Waals surface area (Å²) in [4.78, 5) is 10.5. The Morgan fingerprint density at radius 2 is 2.07 bits per heavy atom. The van der Waals surface area contributed by atoms with Crippen molar-refractivity contribution in [1.29, 1.82) is 0 Å². The van der Waals surface area contributed by atoms with Crippen molar-refractivity contribution in [3.8, 4) is 0 Å². The van der Waals surface area contributed by atoms with Crippen molar-refractivity contribution in [1.82, 2.24) is 20.2 Å². The number of carboxylic acid groups (broad SMARTS) is 1. The fourth-order valence-corrected chi connectivity index (χ4v) is 1.19. The summed E-state index contributed by atoms with van der Waals surface area (Å²) >= 11 is 0. The molecule has 1 heterocycles. The minimum atomic E-state index is -1.18. The quantitative estimate of drug-likeness (QED) is 0.644. The summed E-state index contributed by atoms with van der Waals surface area (Å²) in [7, 11) is 0. The van der Waals surface area contributed by atoms with Crippen LogP contribution in [0, 0.1) is 0 Å². The molecule has 15 heavy (non-hydrogen) atoms. The molecular weight excluding hydrogens is 196 g/mol. The summed E-state index contributed by atoms with van der Waals surface area (Å²) < 4.78 is 1.55. The Bertz CT molecular complexity index is 449. The van der Waals surface area contributed by atoms with Crippen LogP contribution in [0.25, 0.3) is 0 Å². The Morgan fingerprint density at radius 3 is 2.60 bits per heavy atom. The Kier molecular flexibility index (Phi) is 2.40. The van der Waals surface area contributed by atoms with Crippen molar-refractivity contribution in [2.24, 2.45) is 0 Å². The van der Waals surface area contributed by atoms with Gasteiger partial charge >= 0.3 is 0 Å². The van der Waals surface area contributed by atoms with E-state index in [1.165, 1.54) is 18.5 Å². The van der Waals surface area contributed by atoms with Gasteiger partial charge in [-0.15, -0.1) is 5.10 Å². The molecule has 0 amide bonds. The van der Waals surface area contributed by atoms with Gasteiger partial charge in [-0.1, -0.05) is 24.3 Å². The second kappa shape index (κ2) is 3.87.